The second kappa shape index (κ2) is 8.40. The number of hydrogen-bond donors (Lipinski definition) is 1. The van der Waals surface area contributed by atoms with Gasteiger partial charge in [0.1, 0.15) is 11.5 Å². The summed E-state index contributed by atoms with van der Waals surface area (Å²) in [5.41, 5.74) is 1.30. The third-order valence-electron chi connectivity index (χ3n) is 5.31. The lowest BCUT2D eigenvalue weighted by Gasteiger charge is -2.37. The molecule has 0 radical (unpaired) electrons. The smallest absolute Gasteiger partial charge is 0.127 e. The first kappa shape index (κ1) is 17.8. The van der Waals surface area contributed by atoms with Gasteiger partial charge in [0.15, 0.2) is 0 Å². The molecule has 2 saturated heterocycles. The van der Waals surface area contributed by atoms with Crippen molar-refractivity contribution in [2.75, 3.05) is 39.3 Å². The van der Waals surface area contributed by atoms with Crippen LogP contribution in [0, 0.1) is 0 Å². The number of rotatable bonds is 5. The first-order chi connectivity index (χ1) is 12.8. The number of piperazine rings is 1. The largest absolute Gasteiger partial charge is 0.457 e. The Bertz CT molecular complexity index is 707. The molecule has 4 nitrogen and oxygen atoms in total. The molecular formula is C21H26ClN3O. The molecule has 5 heteroatoms. The minimum absolute atomic E-state index is 0.721. The van der Waals surface area contributed by atoms with Crippen LogP contribution >= 0.6 is 11.6 Å². The van der Waals surface area contributed by atoms with E-state index >= 15 is 0 Å². The topological polar surface area (TPSA) is 27.7 Å². The van der Waals surface area contributed by atoms with Crippen molar-refractivity contribution in [1.29, 1.82) is 0 Å². The van der Waals surface area contributed by atoms with Gasteiger partial charge in [0, 0.05) is 50.3 Å². The predicted molar refractivity (Wildman–Crippen MR) is 106 cm³/mol. The van der Waals surface area contributed by atoms with E-state index in [9.17, 15) is 0 Å². The number of nitrogens with one attached hydrogen (secondary N) is 1. The van der Waals surface area contributed by atoms with Crippen molar-refractivity contribution in [1.82, 2.24) is 15.1 Å². The van der Waals surface area contributed by atoms with Crippen LogP contribution in [0.2, 0.25) is 5.02 Å². The Morgan fingerprint density at radius 3 is 2.54 bits per heavy atom. The molecule has 1 unspecified atom stereocenters. The molecule has 2 aliphatic heterocycles. The fraction of sp³-hybridized carbons (Fsp3) is 0.429. The van der Waals surface area contributed by atoms with Gasteiger partial charge in [-0.15, -0.1) is 0 Å². The first-order valence-electron chi connectivity index (χ1n) is 9.46. The van der Waals surface area contributed by atoms with Crippen molar-refractivity contribution >= 4 is 11.6 Å². The van der Waals surface area contributed by atoms with Crippen molar-refractivity contribution in [2.45, 2.75) is 19.0 Å². The van der Waals surface area contributed by atoms with Crippen LogP contribution in [0.1, 0.15) is 12.0 Å². The summed E-state index contributed by atoms with van der Waals surface area (Å²) in [6.07, 6.45) is 1.30. The third kappa shape index (κ3) is 4.57. The van der Waals surface area contributed by atoms with Gasteiger partial charge in [0.25, 0.3) is 0 Å². The van der Waals surface area contributed by atoms with E-state index in [1.54, 1.807) is 0 Å². The Labute approximate surface area is 160 Å². The molecule has 0 amide bonds. The van der Waals surface area contributed by atoms with Crippen molar-refractivity contribution in [3.63, 3.8) is 0 Å². The van der Waals surface area contributed by atoms with E-state index in [1.165, 1.54) is 31.6 Å². The van der Waals surface area contributed by atoms with E-state index in [0.29, 0.717) is 0 Å². The minimum atomic E-state index is 0.721. The number of nitrogens with zero attached hydrogens (tertiary/aromatic N) is 2. The van der Waals surface area contributed by atoms with Crippen molar-refractivity contribution in [2.24, 2.45) is 0 Å². The summed E-state index contributed by atoms with van der Waals surface area (Å²) in [7, 11) is 0. The molecule has 2 fully saturated rings. The van der Waals surface area contributed by atoms with Crippen molar-refractivity contribution in [3.05, 3.63) is 59.1 Å². The molecule has 2 aliphatic rings. The van der Waals surface area contributed by atoms with Gasteiger partial charge < -0.3 is 10.1 Å². The van der Waals surface area contributed by atoms with E-state index in [0.717, 1.165) is 48.7 Å². The summed E-state index contributed by atoms with van der Waals surface area (Å²) in [4.78, 5) is 5.19. The zero-order valence-corrected chi connectivity index (χ0v) is 15.8. The van der Waals surface area contributed by atoms with Gasteiger partial charge in [0.2, 0.25) is 0 Å². The van der Waals surface area contributed by atoms with Crippen LogP contribution in [0.25, 0.3) is 0 Å². The minimum Gasteiger partial charge on any atom is -0.457 e. The van der Waals surface area contributed by atoms with E-state index in [1.807, 2.05) is 30.3 Å². The highest BCUT2D eigenvalue weighted by Gasteiger charge is 2.25. The van der Waals surface area contributed by atoms with E-state index in [4.69, 9.17) is 16.3 Å². The zero-order valence-electron chi connectivity index (χ0n) is 15.0. The number of hydrogen-bond acceptors (Lipinski definition) is 4. The molecule has 0 bridgehead atoms. The third-order valence-corrected chi connectivity index (χ3v) is 5.56. The monoisotopic (exact) mass is 371 g/mol. The lowest BCUT2D eigenvalue weighted by atomic mass is 10.1. The quantitative estimate of drug-likeness (QED) is 0.868. The van der Waals surface area contributed by atoms with Gasteiger partial charge in [-0.25, -0.2) is 0 Å². The predicted octanol–water partition coefficient (Wildman–Crippen LogP) is 3.61. The van der Waals surface area contributed by atoms with Crippen LogP contribution in [-0.4, -0.2) is 55.1 Å². The second-order valence-corrected chi connectivity index (χ2v) is 7.60. The number of halogens is 1. The maximum atomic E-state index is 5.96. The molecule has 1 atom stereocenters. The van der Waals surface area contributed by atoms with Gasteiger partial charge in [-0.3, -0.25) is 9.80 Å². The lowest BCUT2D eigenvalue weighted by Crippen LogP contribution is -2.50. The Kier molecular flexibility index (Phi) is 5.75. The van der Waals surface area contributed by atoms with Gasteiger partial charge in [-0.2, -0.15) is 0 Å². The molecule has 0 saturated carbocycles. The average Bonchev–Trinajstić information content (AvgIpc) is 3.19. The fourth-order valence-corrected chi connectivity index (χ4v) is 3.97. The van der Waals surface area contributed by atoms with Crippen LogP contribution < -0.4 is 10.1 Å². The summed E-state index contributed by atoms with van der Waals surface area (Å²) < 4.78 is 5.96. The molecule has 2 aromatic rings. The highest BCUT2D eigenvalue weighted by molar-refractivity contribution is 6.30. The normalized spacial score (nSPS) is 21.8. The Hall–Kier alpha value is -1.59. The highest BCUT2D eigenvalue weighted by atomic mass is 35.5. The maximum absolute atomic E-state index is 5.96. The number of ether oxygens (including phenoxy) is 1. The van der Waals surface area contributed by atoms with Gasteiger partial charge in [-0.05, 0) is 54.9 Å². The molecule has 138 valence electrons. The van der Waals surface area contributed by atoms with E-state index < -0.39 is 0 Å². The summed E-state index contributed by atoms with van der Waals surface area (Å²) in [6, 6.07) is 16.6. The SMILES string of the molecule is Clc1ccc(Oc2cccc(CN3CCN(C4CCNC4)CC3)c2)cc1. The van der Waals surface area contributed by atoms with Crippen molar-refractivity contribution in [3.8, 4) is 11.5 Å². The first-order valence-corrected chi connectivity index (χ1v) is 9.83. The molecule has 0 aliphatic carbocycles. The van der Waals surface area contributed by atoms with Crippen LogP contribution in [-0.2, 0) is 6.54 Å². The van der Waals surface area contributed by atoms with Crippen LogP contribution in [0.5, 0.6) is 11.5 Å². The zero-order chi connectivity index (χ0) is 17.8. The molecular weight excluding hydrogens is 346 g/mol. The number of benzene rings is 2. The molecule has 0 aromatic heterocycles. The summed E-state index contributed by atoms with van der Waals surface area (Å²) in [5.74, 6) is 1.69. The van der Waals surface area contributed by atoms with Crippen LogP contribution in [0.4, 0.5) is 0 Å². The molecule has 1 N–H and O–H groups in total. The maximum Gasteiger partial charge on any atom is 0.127 e. The van der Waals surface area contributed by atoms with E-state index in [-0.39, 0.29) is 0 Å². The van der Waals surface area contributed by atoms with Gasteiger partial charge >= 0.3 is 0 Å². The molecule has 2 aromatic carbocycles. The lowest BCUT2D eigenvalue weighted by molar-refractivity contribution is 0.0981. The summed E-state index contributed by atoms with van der Waals surface area (Å²) >= 11 is 5.93. The molecule has 4 rings (SSSR count). The van der Waals surface area contributed by atoms with Crippen molar-refractivity contribution < 1.29 is 4.74 Å². The second-order valence-electron chi connectivity index (χ2n) is 7.16. The average molecular weight is 372 g/mol. The van der Waals surface area contributed by atoms with Gasteiger partial charge in [-0.1, -0.05) is 23.7 Å². The Balaban J connectivity index is 1.32. The summed E-state index contributed by atoms with van der Waals surface area (Å²) in [5, 5.41) is 4.19. The molecule has 0 spiro atoms. The highest BCUT2D eigenvalue weighted by Crippen LogP contribution is 2.24. The molecule has 26 heavy (non-hydrogen) atoms. The fourth-order valence-electron chi connectivity index (χ4n) is 3.84. The summed E-state index contributed by atoms with van der Waals surface area (Å²) in [6.45, 7) is 7.93. The van der Waals surface area contributed by atoms with E-state index in [2.05, 4.69) is 33.3 Å². The molecule has 2 heterocycles. The Morgan fingerprint density at radius 1 is 1.00 bits per heavy atom. The van der Waals surface area contributed by atoms with Crippen LogP contribution in [0.15, 0.2) is 48.5 Å². The standard InChI is InChI=1S/C21H26ClN3O/c22-18-4-6-20(7-5-18)26-21-3-1-2-17(14-21)16-24-10-12-25(13-11-24)19-8-9-23-15-19/h1-7,14,19,23H,8-13,15-16H2. The van der Waals surface area contributed by atoms with Crippen LogP contribution in [0.3, 0.4) is 0 Å². The van der Waals surface area contributed by atoms with Gasteiger partial charge in [0.05, 0.1) is 0 Å². The Morgan fingerprint density at radius 2 is 1.81 bits per heavy atom.